The Morgan fingerprint density at radius 3 is 2.25 bits per heavy atom. The number of benzene rings is 1. The first-order valence-corrected chi connectivity index (χ1v) is 6.01. The molecule has 0 amide bonds. The second-order valence-corrected chi connectivity index (χ2v) is 5.24. The Morgan fingerprint density at radius 2 is 1.81 bits per heavy atom. The maximum absolute atomic E-state index is 11.3. The van der Waals surface area contributed by atoms with Gasteiger partial charge in [0, 0.05) is 6.42 Å². The fourth-order valence-corrected chi connectivity index (χ4v) is 2.69. The van der Waals surface area contributed by atoms with Crippen LogP contribution in [0.3, 0.4) is 0 Å². The Balaban J connectivity index is 2.94. The first-order chi connectivity index (χ1) is 7.47. The van der Waals surface area contributed by atoms with Crippen LogP contribution in [0.2, 0.25) is 0 Å². The zero-order valence-electron chi connectivity index (χ0n) is 10.8. The molecule has 0 heterocycles. The minimum Gasteiger partial charge on any atom is -0.300 e. The Kier molecular flexibility index (Phi) is 4.28. The number of Topliss-reactive ketones (excluding diaryl/α,β-unsaturated/α-hetero) is 1. The lowest BCUT2D eigenvalue weighted by molar-refractivity contribution is -0.119. The molecule has 1 aromatic carbocycles. The van der Waals surface area contributed by atoms with Crippen LogP contribution in [0.25, 0.3) is 0 Å². The standard InChI is InChI=1S/C15H22O/c1-5-14(13-9-7-6-8-10-13)15(3,4)11-12(2)16/h6-10,14H,5,11H2,1-4H3/t14-/m1/s1. The highest BCUT2D eigenvalue weighted by Gasteiger charge is 2.30. The van der Waals surface area contributed by atoms with Gasteiger partial charge in [0.05, 0.1) is 0 Å². The van der Waals surface area contributed by atoms with Crippen LogP contribution in [0.5, 0.6) is 0 Å². The second-order valence-electron chi connectivity index (χ2n) is 5.24. The van der Waals surface area contributed by atoms with Gasteiger partial charge in [-0.25, -0.2) is 0 Å². The fraction of sp³-hybridized carbons (Fsp3) is 0.533. The van der Waals surface area contributed by atoms with E-state index in [2.05, 4.69) is 45.0 Å². The van der Waals surface area contributed by atoms with Gasteiger partial charge >= 0.3 is 0 Å². The van der Waals surface area contributed by atoms with Crippen molar-refractivity contribution in [3.63, 3.8) is 0 Å². The maximum Gasteiger partial charge on any atom is 0.130 e. The van der Waals surface area contributed by atoms with E-state index in [1.54, 1.807) is 6.92 Å². The third-order valence-corrected chi connectivity index (χ3v) is 3.26. The number of rotatable bonds is 5. The van der Waals surface area contributed by atoms with Crippen molar-refractivity contribution in [2.45, 2.75) is 46.5 Å². The molecule has 88 valence electrons. The first kappa shape index (κ1) is 13.0. The molecular weight excluding hydrogens is 196 g/mol. The monoisotopic (exact) mass is 218 g/mol. The molecule has 0 fully saturated rings. The molecule has 1 rings (SSSR count). The molecule has 0 unspecified atom stereocenters. The van der Waals surface area contributed by atoms with E-state index < -0.39 is 0 Å². The van der Waals surface area contributed by atoms with Crippen LogP contribution < -0.4 is 0 Å². The minimum atomic E-state index is 0.0436. The van der Waals surface area contributed by atoms with Crippen molar-refractivity contribution < 1.29 is 4.79 Å². The molecule has 0 aliphatic rings. The summed E-state index contributed by atoms with van der Waals surface area (Å²) in [7, 11) is 0. The molecule has 1 aromatic rings. The van der Waals surface area contributed by atoms with Crippen molar-refractivity contribution in [1.29, 1.82) is 0 Å². The quantitative estimate of drug-likeness (QED) is 0.724. The summed E-state index contributed by atoms with van der Waals surface area (Å²) in [4.78, 5) is 11.3. The summed E-state index contributed by atoms with van der Waals surface area (Å²) < 4.78 is 0. The minimum absolute atomic E-state index is 0.0436. The van der Waals surface area contributed by atoms with E-state index in [-0.39, 0.29) is 11.2 Å². The third kappa shape index (κ3) is 3.19. The average molecular weight is 218 g/mol. The van der Waals surface area contributed by atoms with E-state index in [0.29, 0.717) is 12.3 Å². The average Bonchev–Trinajstić information content (AvgIpc) is 2.17. The molecule has 0 aliphatic carbocycles. The Hall–Kier alpha value is -1.11. The van der Waals surface area contributed by atoms with Crippen molar-refractivity contribution in [2.75, 3.05) is 0 Å². The predicted molar refractivity (Wildman–Crippen MR) is 68.6 cm³/mol. The summed E-state index contributed by atoms with van der Waals surface area (Å²) in [6, 6.07) is 10.5. The lowest BCUT2D eigenvalue weighted by atomic mass is 9.71. The SMILES string of the molecule is CC[C@H](c1ccccc1)C(C)(C)CC(C)=O. The summed E-state index contributed by atoms with van der Waals surface area (Å²) in [6.45, 7) is 8.25. The zero-order valence-corrected chi connectivity index (χ0v) is 10.8. The van der Waals surface area contributed by atoms with Gasteiger partial charge in [-0.3, -0.25) is 0 Å². The van der Waals surface area contributed by atoms with Gasteiger partial charge < -0.3 is 4.79 Å². The molecule has 0 saturated carbocycles. The van der Waals surface area contributed by atoms with Crippen molar-refractivity contribution in [1.82, 2.24) is 0 Å². The van der Waals surface area contributed by atoms with Crippen molar-refractivity contribution in [3.8, 4) is 0 Å². The van der Waals surface area contributed by atoms with Gasteiger partial charge in [0.15, 0.2) is 0 Å². The number of carbonyl (C=O) groups excluding carboxylic acids is 1. The van der Waals surface area contributed by atoms with Gasteiger partial charge in [-0.05, 0) is 30.2 Å². The molecule has 1 heteroatoms. The second kappa shape index (κ2) is 5.29. The third-order valence-electron chi connectivity index (χ3n) is 3.26. The Bertz CT molecular complexity index is 338. The van der Waals surface area contributed by atoms with E-state index >= 15 is 0 Å². The molecule has 0 bridgehead atoms. The molecule has 0 saturated heterocycles. The van der Waals surface area contributed by atoms with Crippen LogP contribution in [0.4, 0.5) is 0 Å². The maximum atomic E-state index is 11.3. The topological polar surface area (TPSA) is 17.1 Å². The van der Waals surface area contributed by atoms with Gasteiger partial charge in [-0.15, -0.1) is 0 Å². The Morgan fingerprint density at radius 1 is 1.25 bits per heavy atom. The molecule has 1 nitrogen and oxygen atoms in total. The number of hydrogen-bond donors (Lipinski definition) is 0. The van der Waals surface area contributed by atoms with Crippen LogP contribution >= 0.6 is 0 Å². The highest BCUT2D eigenvalue weighted by molar-refractivity contribution is 5.76. The van der Waals surface area contributed by atoms with Crippen LogP contribution in [-0.2, 0) is 4.79 Å². The number of ketones is 1. The summed E-state index contributed by atoms with van der Waals surface area (Å²) in [5.41, 5.74) is 1.39. The molecule has 1 atom stereocenters. The zero-order chi connectivity index (χ0) is 12.2. The largest absolute Gasteiger partial charge is 0.300 e. The van der Waals surface area contributed by atoms with Crippen LogP contribution in [0, 0.1) is 5.41 Å². The first-order valence-electron chi connectivity index (χ1n) is 6.01. The van der Waals surface area contributed by atoms with Crippen molar-refractivity contribution in [2.24, 2.45) is 5.41 Å². The molecule has 0 N–H and O–H groups in total. The lowest BCUT2D eigenvalue weighted by Crippen LogP contribution is -2.24. The molecule has 0 radical (unpaired) electrons. The van der Waals surface area contributed by atoms with Crippen molar-refractivity contribution in [3.05, 3.63) is 35.9 Å². The van der Waals surface area contributed by atoms with E-state index in [1.165, 1.54) is 5.56 Å². The molecular formula is C15H22O. The summed E-state index contributed by atoms with van der Waals surface area (Å²) in [5.74, 6) is 0.733. The highest BCUT2D eigenvalue weighted by atomic mass is 16.1. The van der Waals surface area contributed by atoms with Gasteiger partial charge in [0.1, 0.15) is 5.78 Å². The molecule has 16 heavy (non-hydrogen) atoms. The smallest absolute Gasteiger partial charge is 0.130 e. The molecule has 0 aromatic heterocycles. The van der Waals surface area contributed by atoms with Gasteiger partial charge in [0.25, 0.3) is 0 Å². The highest BCUT2D eigenvalue weighted by Crippen LogP contribution is 2.40. The summed E-state index contributed by atoms with van der Waals surface area (Å²) >= 11 is 0. The fourth-order valence-electron chi connectivity index (χ4n) is 2.69. The number of carbonyl (C=O) groups is 1. The summed E-state index contributed by atoms with van der Waals surface area (Å²) in [5, 5.41) is 0. The lowest BCUT2D eigenvalue weighted by Gasteiger charge is -2.33. The van der Waals surface area contributed by atoms with Gasteiger partial charge in [0.2, 0.25) is 0 Å². The van der Waals surface area contributed by atoms with Crippen LogP contribution in [0.1, 0.15) is 52.0 Å². The van der Waals surface area contributed by atoms with E-state index in [9.17, 15) is 4.79 Å². The van der Waals surface area contributed by atoms with E-state index in [0.717, 1.165) is 6.42 Å². The molecule has 0 aliphatic heterocycles. The van der Waals surface area contributed by atoms with E-state index in [4.69, 9.17) is 0 Å². The van der Waals surface area contributed by atoms with Crippen LogP contribution in [0.15, 0.2) is 30.3 Å². The van der Waals surface area contributed by atoms with E-state index in [1.807, 2.05) is 6.07 Å². The van der Waals surface area contributed by atoms with Gasteiger partial charge in [-0.2, -0.15) is 0 Å². The van der Waals surface area contributed by atoms with Crippen LogP contribution in [-0.4, -0.2) is 5.78 Å². The van der Waals surface area contributed by atoms with Crippen molar-refractivity contribution >= 4 is 5.78 Å². The Labute approximate surface area is 98.9 Å². The molecule has 0 spiro atoms. The van der Waals surface area contributed by atoms with Gasteiger partial charge in [-0.1, -0.05) is 51.1 Å². The summed E-state index contributed by atoms with van der Waals surface area (Å²) in [6.07, 6.45) is 1.73. The predicted octanol–water partition coefficient (Wildman–Crippen LogP) is 4.19. The normalized spacial score (nSPS) is 13.5. The number of hydrogen-bond acceptors (Lipinski definition) is 1.